The van der Waals surface area contributed by atoms with E-state index < -0.39 is 0 Å². The molecule has 1 N–H and O–H groups in total. The van der Waals surface area contributed by atoms with E-state index in [2.05, 4.69) is 10.2 Å². The van der Waals surface area contributed by atoms with Gasteiger partial charge in [0.05, 0.1) is 6.54 Å². The summed E-state index contributed by atoms with van der Waals surface area (Å²) in [5.41, 5.74) is 2.24. The third kappa shape index (κ3) is 3.56. The quantitative estimate of drug-likeness (QED) is 0.757. The Bertz CT molecular complexity index is 935. The monoisotopic (exact) mass is 362 g/mol. The van der Waals surface area contributed by atoms with Crippen LogP contribution >= 0.6 is 0 Å². The van der Waals surface area contributed by atoms with Gasteiger partial charge in [-0.1, -0.05) is 42.5 Å². The average molecular weight is 362 g/mol. The number of aryl methyl sites for hydroxylation is 2. The van der Waals surface area contributed by atoms with Crippen LogP contribution in [0.25, 0.3) is 0 Å². The molecule has 0 saturated carbocycles. The van der Waals surface area contributed by atoms with Gasteiger partial charge in [-0.3, -0.25) is 4.79 Å². The summed E-state index contributed by atoms with van der Waals surface area (Å²) in [4.78, 5) is 14.6. The minimum atomic E-state index is -0.314. The summed E-state index contributed by atoms with van der Waals surface area (Å²) in [6, 6.07) is 16.9. The molecule has 6 nitrogen and oxygen atoms in total. The molecule has 0 radical (unpaired) electrons. The van der Waals surface area contributed by atoms with E-state index in [1.807, 2.05) is 54.1 Å². The topological polar surface area (TPSA) is 71.2 Å². The summed E-state index contributed by atoms with van der Waals surface area (Å²) >= 11 is 0. The molecule has 0 saturated heterocycles. The molecule has 4 rings (SSSR count). The number of hydrogen-bond acceptors (Lipinski definition) is 4. The van der Waals surface area contributed by atoms with Gasteiger partial charge in [-0.15, -0.1) is 10.2 Å². The second-order valence-corrected chi connectivity index (χ2v) is 6.97. The molecule has 1 atom stereocenters. The predicted octanol–water partition coefficient (Wildman–Crippen LogP) is 2.52. The Morgan fingerprint density at radius 3 is 2.48 bits per heavy atom. The van der Waals surface area contributed by atoms with Crippen molar-refractivity contribution in [2.24, 2.45) is 0 Å². The van der Waals surface area contributed by atoms with E-state index in [9.17, 15) is 9.90 Å². The molecule has 0 unspecified atom stereocenters. The van der Waals surface area contributed by atoms with Gasteiger partial charge in [-0.05, 0) is 29.7 Å². The maximum absolute atomic E-state index is 12.9. The van der Waals surface area contributed by atoms with Crippen molar-refractivity contribution in [1.82, 2.24) is 19.7 Å². The molecule has 27 heavy (non-hydrogen) atoms. The smallest absolute Gasteiger partial charge is 0.246 e. The third-order valence-electron chi connectivity index (χ3n) is 5.03. The Balaban J connectivity index is 1.60. The molecule has 2 aromatic carbocycles. The zero-order valence-electron chi connectivity index (χ0n) is 15.2. The van der Waals surface area contributed by atoms with Crippen molar-refractivity contribution >= 4 is 5.91 Å². The second kappa shape index (κ2) is 7.23. The van der Waals surface area contributed by atoms with Crippen LogP contribution in [0.15, 0.2) is 54.6 Å². The minimum absolute atomic E-state index is 0.0945. The van der Waals surface area contributed by atoms with E-state index in [0.717, 1.165) is 29.2 Å². The van der Waals surface area contributed by atoms with Gasteiger partial charge in [-0.2, -0.15) is 0 Å². The number of amides is 1. The first-order valence-corrected chi connectivity index (χ1v) is 9.11. The highest BCUT2D eigenvalue weighted by atomic mass is 16.3. The Labute approximate surface area is 158 Å². The van der Waals surface area contributed by atoms with E-state index in [1.165, 1.54) is 0 Å². The molecule has 3 aromatic rings. The lowest BCUT2D eigenvalue weighted by molar-refractivity contribution is -0.136. The van der Waals surface area contributed by atoms with Crippen LogP contribution in [0.5, 0.6) is 5.75 Å². The van der Waals surface area contributed by atoms with Crippen molar-refractivity contribution in [2.45, 2.75) is 31.8 Å². The number of phenols is 1. The number of rotatable bonds is 5. The molecular formula is C21H22N4O2. The Hall–Kier alpha value is -3.15. The first kappa shape index (κ1) is 17.3. The van der Waals surface area contributed by atoms with Crippen LogP contribution in [0, 0.1) is 0 Å². The summed E-state index contributed by atoms with van der Waals surface area (Å²) in [6.45, 7) is 0.482. The fraction of sp³-hybridized carbons (Fsp3) is 0.286. The molecular weight excluding hydrogens is 340 g/mol. The lowest BCUT2D eigenvalue weighted by Crippen LogP contribution is -2.42. The lowest BCUT2D eigenvalue weighted by Gasteiger charge is -2.31. The van der Waals surface area contributed by atoms with Crippen LogP contribution in [0.3, 0.4) is 0 Å². The fourth-order valence-corrected chi connectivity index (χ4v) is 3.59. The van der Waals surface area contributed by atoms with Crippen LogP contribution in [0.2, 0.25) is 0 Å². The van der Waals surface area contributed by atoms with Gasteiger partial charge in [0.15, 0.2) is 5.82 Å². The first-order valence-electron chi connectivity index (χ1n) is 9.11. The highest BCUT2D eigenvalue weighted by Gasteiger charge is 2.34. The molecule has 138 valence electrons. The number of carbonyl (C=O) groups excluding carboxylic acids is 1. The van der Waals surface area contributed by atoms with E-state index in [-0.39, 0.29) is 17.7 Å². The molecule has 1 amide bonds. The van der Waals surface area contributed by atoms with Gasteiger partial charge in [0.25, 0.3) is 0 Å². The average Bonchev–Trinajstić information content (AvgIpc) is 3.08. The van der Waals surface area contributed by atoms with E-state index >= 15 is 0 Å². The maximum Gasteiger partial charge on any atom is 0.246 e. The normalized spacial score (nSPS) is 16.4. The molecule has 0 fully saturated rings. The Morgan fingerprint density at radius 1 is 1.00 bits per heavy atom. The van der Waals surface area contributed by atoms with Gasteiger partial charge >= 0.3 is 0 Å². The number of aromatic hydroxyl groups is 1. The van der Waals surface area contributed by atoms with Crippen molar-refractivity contribution in [2.75, 3.05) is 7.05 Å². The van der Waals surface area contributed by atoms with Gasteiger partial charge in [0, 0.05) is 19.9 Å². The Kier molecular flexibility index (Phi) is 4.62. The number of fused-ring (bicyclic) bond motifs is 1. The van der Waals surface area contributed by atoms with Gasteiger partial charge in [0.1, 0.15) is 17.6 Å². The summed E-state index contributed by atoms with van der Waals surface area (Å²) in [5, 5.41) is 18.1. The molecule has 1 aliphatic heterocycles. The number of hydrogen-bond donors (Lipinski definition) is 1. The summed E-state index contributed by atoms with van der Waals surface area (Å²) in [5.74, 6) is 2.02. The van der Waals surface area contributed by atoms with Crippen molar-refractivity contribution in [3.8, 4) is 5.75 Å². The van der Waals surface area contributed by atoms with Crippen LogP contribution in [-0.4, -0.2) is 37.7 Å². The Morgan fingerprint density at radius 2 is 1.74 bits per heavy atom. The third-order valence-corrected chi connectivity index (χ3v) is 5.03. The molecule has 1 aliphatic rings. The van der Waals surface area contributed by atoms with E-state index in [1.54, 1.807) is 17.0 Å². The van der Waals surface area contributed by atoms with Crippen LogP contribution in [-0.2, 0) is 30.6 Å². The lowest BCUT2D eigenvalue weighted by atomic mass is 10.0. The number of carbonyl (C=O) groups is 1. The molecule has 2 heterocycles. The SMILES string of the molecule is CN1Cc2nnc(CCc3ccc(O)cc3)n2[C@H](Cc2ccccc2)C1=O. The highest BCUT2D eigenvalue weighted by molar-refractivity contribution is 5.81. The summed E-state index contributed by atoms with van der Waals surface area (Å²) in [7, 11) is 1.81. The molecule has 6 heteroatoms. The number of phenolic OH excluding ortho intramolecular Hbond substituents is 1. The standard InChI is InChI=1S/C21H22N4O2/c1-24-14-20-23-22-19(12-9-15-7-10-17(26)11-8-15)25(20)18(21(24)27)13-16-5-3-2-4-6-16/h2-8,10-11,18,26H,9,12-14H2,1H3/t18-/m1/s1. The number of likely N-dealkylation sites (N-methyl/N-ethyl adjacent to an activating group) is 1. The summed E-state index contributed by atoms with van der Waals surface area (Å²) < 4.78 is 2.02. The highest BCUT2D eigenvalue weighted by Crippen LogP contribution is 2.26. The molecule has 0 bridgehead atoms. The van der Waals surface area contributed by atoms with Crippen molar-refractivity contribution in [1.29, 1.82) is 0 Å². The molecule has 1 aromatic heterocycles. The summed E-state index contributed by atoms with van der Waals surface area (Å²) in [6.07, 6.45) is 2.10. The predicted molar refractivity (Wildman–Crippen MR) is 101 cm³/mol. The minimum Gasteiger partial charge on any atom is -0.508 e. The van der Waals surface area contributed by atoms with Crippen molar-refractivity contribution in [3.05, 3.63) is 77.4 Å². The first-order chi connectivity index (χ1) is 13.1. The number of nitrogens with zero attached hydrogens (tertiary/aromatic N) is 4. The number of aromatic nitrogens is 3. The molecule has 0 aliphatic carbocycles. The van der Waals surface area contributed by atoms with Crippen LogP contribution < -0.4 is 0 Å². The van der Waals surface area contributed by atoms with Crippen molar-refractivity contribution < 1.29 is 9.90 Å². The maximum atomic E-state index is 12.9. The van der Waals surface area contributed by atoms with Crippen LogP contribution in [0.1, 0.15) is 28.8 Å². The second-order valence-electron chi connectivity index (χ2n) is 6.97. The molecule has 0 spiro atoms. The van der Waals surface area contributed by atoms with E-state index in [4.69, 9.17) is 0 Å². The fourth-order valence-electron chi connectivity index (χ4n) is 3.59. The number of benzene rings is 2. The van der Waals surface area contributed by atoms with Gasteiger partial charge in [-0.25, -0.2) is 0 Å². The van der Waals surface area contributed by atoms with E-state index in [0.29, 0.717) is 19.4 Å². The van der Waals surface area contributed by atoms with Crippen LogP contribution in [0.4, 0.5) is 0 Å². The van der Waals surface area contributed by atoms with Gasteiger partial charge < -0.3 is 14.6 Å². The zero-order chi connectivity index (χ0) is 18.8. The van der Waals surface area contributed by atoms with Crippen molar-refractivity contribution in [3.63, 3.8) is 0 Å². The van der Waals surface area contributed by atoms with Gasteiger partial charge in [0.2, 0.25) is 5.91 Å². The zero-order valence-corrected chi connectivity index (χ0v) is 15.2. The largest absolute Gasteiger partial charge is 0.508 e.